The van der Waals surface area contributed by atoms with E-state index in [1.807, 2.05) is 0 Å². The number of benzene rings is 1. The lowest BCUT2D eigenvalue weighted by atomic mass is 10.1. The van der Waals surface area contributed by atoms with Crippen molar-refractivity contribution >= 4 is 27.3 Å². The number of phenolic OH excluding ortho intramolecular Hbond substituents is 3. The molecule has 124 valence electrons. The van der Waals surface area contributed by atoms with Crippen molar-refractivity contribution < 1.29 is 28.5 Å². The highest BCUT2D eigenvalue weighted by Gasteiger charge is 2.15. The van der Waals surface area contributed by atoms with Gasteiger partial charge in [0.25, 0.3) is 5.91 Å². The average Bonchev–Trinajstić information content (AvgIpc) is 3.03. The molecule has 2 rings (SSSR count). The van der Waals surface area contributed by atoms with Crippen LogP contribution in [-0.4, -0.2) is 42.7 Å². The zero-order chi connectivity index (χ0) is 17.0. The number of amides is 1. The highest BCUT2D eigenvalue weighted by Crippen LogP contribution is 2.35. The van der Waals surface area contributed by atoms with Gasteiger partial charge in [-0.2, -0.15) is 0 Å². The van der Waals surface area contributed by atoms with Gasteiger partial charge in [0, 0.05) is 18.7 Å². The van der Waals surface area contributed by atoms with Gasteiger partial charge < -0.3 is 20.6 Å². The van der Waals surface area contributed by atoms with E-state index in [4.69, 9.17) is 0 Å². The van der Waals surface area contributed by atoms with Gasteiger partial charge in [-0.05, 0) is 23.6 Å². The minimum atomic E-state index is -3.59. The molecule has 0 saturated carbocycles. The molecular weight excluding hydrogens is 344 g/mol. The molecule has 0 saturated heterocycles. The van der Waals surface area contributed by atoms with Crippen LogP contribution in [0.3, 0.4) is 0 Å². The Labute approximate surface area is 136 Å². The summed E-state index contributed by atoms with van der Waals surface area (Å²) in [5, 5.41) is 31.9. The summed E-state index contributed by atoms with van der Waals surface area (Å²) in [6.07, 6.45) is 0. The fraction of sp³-hybridized carbons (Fsp3) is 0.154. The SMILES string of the molecule is O=C(NCCNS(=O)(=O)c1cccs1)c1cc(O)c(O)c(O)c1. The Morgan fingerprint density at radius 3 is 2.35 bits per heavy atom. The van der Waals surface area contributed by atoms with Crippen LogP contribution in [0.25, 0.3) is 0 Å². The van der Waals surface area contributed by atoms with E-state index in [2.05, 4.69) is 10.0 Å². The summed E-state index contributed by atoms with van der Waals surface area (Å²) in [4.78, 5) is 11.8. The molecule has 0 aliphatic heterocycles. The van der Waals surface area contributed by atoms with Gasteiger partial charge in [-0.15, -0.1) is 11.3 Å². The van der Waals surface area contributed by atoms with E-state index in [9.17, 15) is 28.5 Å². The van der Waals surface area contributed by atoms with E-state index in [-0.39, 0.29) is 22.9 Å². The third-order valence-corrected chi connectivity index (χ3v) is 5.65. The van der Waals surface area contributed by atoms with Crippen molar-refractivity contribution in [3.63, 3.8) is 0 Å². The molecule has 10 heteroatoms. The fourth-order valence-corrected chi connectivity index (χ4v) is 3.76. The topological polar surface area (TPSA) is 136 Å². The van der Waals surface area contributed by atoms with Crippen LogP contribution >= 0.6 is 11.3 Å². The number of thiophene rings is 1. The Balaban J connectivity index is 1.88. The zero-order valence-corrected chi connectivity index (χ0v) is 13.3. The summed E-state index contributed by atoms with van der Waals surface area (Å²) in [6.45, 7) is -0.0200. The highest BCUT2D eigenvalue weighted by molar-refractivity contribution is 7.91. The molecule has 8 nitrogen and oxygen atoms in total. The minimum Gasteiger partial charge on any atom is -0.504 e. The van der Waals surface area contributed by atoms with Gasteiger partial charge in [0.2, 0.25) is 10.0 Å². The maximum atomic E-state index is 11.8. The Bertz CT molecular complexity index is 779. The monoisotopic (exact) mass is 358 g/mol. The quantitative estimate of drug-likeness (QED) is 0.378. The molecule has 1 aromatic heterocycles. The van der Waals surface area contributed by atoms with Crippen molar-refractivity contribution in [3.8, 4) is 17.2 Å². The third kappa shape index (κ3) is 4.12. The molecule has 0 atom stereocenters. The van der Waals surface area contributed by atoms with Gasteiger partial charge in [-0.25, -0.2) is 13.1 Å². The van der Waals surface area contributed by atoms with E-state index in [1.54, 1.807) is 11.4 Å². The predicted molar refractivity (Wildman–Crippen MR) is 83.3 cm³/mol. The lowest BCUT2D eigenvalue weighted by molar-refractivity contribution is 0.0953. The number of rotatable bonds is 6. The van der Waals surface area contributed by atoms with Crippen LogP contribution in [0, 0.1) is 0 Å². The van der Waals surface area contributed by atoms with Crippen LogP contribution < -0.4 is 10.0 Å². The minimum absolute atomic E-state index is 0.00579. The molecule has 1 heterocycles. The highest BCUT2D eigenvalue weighted by atomic mass is 32.2. The average molecular weight is 358 g/mol. The van der Waals surface area contributed by atoms with E-state index >= 15 is 0 Å². The number of carbonyl (C=O) groups is 1. The first-order valence-electron chi connectivity index (χ1n) is 6.37. The Hall–Kier alpha value is -2.30. The fourth-order valence-electron chi connectivity index (χ4n) is 1.69. The first-order chi connectivity index (χ1) is 10.8. The lowest BCUT2D eigenvalue weighted by Crippen LogP contribution is -2.34. The van der Waals surface area contributed by atoms with Crippen LogP contribution in [0.1, 0.15) is 10.4 Å². The standard InChI is InChI=1S/C13H14N2O6S2/c16-9-6-8(7-10(17)12(9)18)13(19)14-3-4-15-23(20,21)11-2-1-5-22-11/h1-2,5-7,15-18H,3-4H2,(H,14,19). The summed E-state index contributed by atoms with van der Waals surface area (Å²) in [7, 11) is -3.59. The molecule has 0 aliphatic carbocycles. The molecule has 0 radical (unpaired) electrons. The second-order valence-electron chi connectivity index (χ2n) is 4.45. The van der Waals surface area contributed by atoms with E-state index < -0.39 is 33.2 Å². The van der Waals surface area contributed by atoms with E-state index in [0.29, 0.717) is 0 Å². The van der Waals surface area contributed by atoms with Crippen LogP contribution in [-0.2, 0) is 10.0 Å². The first kappa shape index (κ1) is 17.1. The molecular formula is C13H14N2O6S2. The molecule has 0 fully saturated rings. The van der Waals surface area contributed by atoms with Gasteiger partial charge >= 0.3 is 0 Å². The number of nitrogens with one attached hydrogen (secondary N) is 2. The number of phenols is 3. The Kier molecular flexibility index (Phi) is 5.08. The van der Waals surface area contributed by atoms with Gasteiger partial charge in [-0.3, -0.25) is 4.79 Å². The number of sulfonamides is 1. The predicted octanol–water partition coefficient (Wildman–Crippen LogP) is 0.573. The summed E-state index contributed by atoms with van der Waals surface area (Å²) in [5.41, 5.74) is -0.0705. The maximum absolute atomic E-state index is 11.8. The Morgan fingerprint density at radius 1 is 1.13 bits per heavy atom. The number of carbonyl (C=O) groups excluding carboxylic acids is 1. The van der Waals surface area contributed by atoms with Gasteiger partial charge in [0.1, 0.15) is 4.21 Å². The molecule has 1 aromatic carbocycles. The lowest BCUT2D eigenvalue weighted by Gasteiger charge is -2.08. The smallest absolute Gasteiger partial charge is 0.251 e. The number of hydrogen-bond donors (Lipinski definition) is 5. The maximum Gasteiger partial charge on any atom is 0.251 e. The second-order valence-corrected chi connectivity index (χ2v) is 7.39. The zero-order valence-electron chi connectivity index (χ0n) is 11.7. The van der Waals surface area contributed by atoms with Crippen LogP contribution in [0.5, 0.6) is 17.2 Å². The molecule has 0 aliphatic rings. The molecule has 0 bridgehead atoms. The van der Waals surface area contributed by atoms with E-state index in [0.717, 1.165) is 23.5 Å². The van der Waals surface area contributed by atoms with Crippen molar-refractivity contribution in [3.05, 3.63) is 35.2 Å². The third-order valence-electron chi connectivity index (χ3n) is 2.79. The number of aromatic hydroxyl groups is 3. The van der Waals surface area contributed by atoms with Crippen LogP contribution in [0.2, 0.25) is 0 Å². The van der Waals surface area contributed by atoms with Crippen molar-refractivity contribution in [1.29, 1.82) is 0 Å². The van der Waals surface area contributed by atoms with Gasteiger partial charge in [0.05, 0.1) is 0 Å². The van der Waals surface area contributed by atoms with Gasteiger partial charge in [-0.1, -0.05) is 6.07 Å². The Morgan fingerprint density at radius 2 is 1.78 bits per heavy atom. The van der Waals surface area contributed by atoms with Crippen LogP contribution in [0.4, 0.5) is 0 Å². The summed E-state index contributed by atoms with van der Waals surface area (Å²) < 4.78 is 26.2. The van der Waals surface area contributed by atoms with Crippen molar-refractivity contribution in [2.24, 2.45) is 0 Å². The second kappa shape index (κ2) is 6.86. The van der Waals surface area contributed by atoms with Crippen molar-refractivity contribution in [2.45, 2.75) is 4.21 Å². The summed E-state index contributed by atoms with van der Waals surface area (Å²) >= 11 is 1.08. The van der Waals surface area contributed by atoms with E-state index in [1.165, 1.54) is 6.07 Å². The van der Waals surface area contributed by atoms with Crippen molar-refractivity contribution in [2.75, 3.05) is 13.1 Å². The molecule has 0 spiro atoms. The normalized spacial score (nSPS) is 11.3. The first-order valence-corrected chi connectivity index (χ1v) is 8.74. The summed E-state index contributed by atoms with van der Waals surface area (Å²) in [6, 6.07) is 5.05. The molecule has 2 aromatic rings. The summed E-state index contributed by atoms with van der Waals surface area (Å²) in [5.74, 6) is -2.61. The van der Waals surface area contributed by atoms with Crippen molar-refractivity contribution in [1.82, 2.24) is 10.0 Å². The molecule has 5 N–H and O–H groups in total. The molecule has 23 heavy (non-hydrogen) atoms. The molecule has 0 unspecified atom stereocenters. The van der Waals surface area contributed by atoms with Gasteiger partial charge in [0.15, 0.2) is 17.2 Å². The number of hydrogen-bond acceptors (Lipinski definition) is 7. The molecule has 1 amide bonds. The largest absolute Gasteiger partial charge is 0.504 e. The van der Waals surface area contributed by atoms with Crippen LogP contribution in [0.15, 0.2) is 33.9 Å².